The summed E-state index contributed by atoms with van der Waals surface area (Å²) < 4.78 is 62.9. The van der Waals surface area contributed by atoms with Gasteiger partial charge >= 0.3 is 0 Å². The number of likely N-dealkylation sites (tertiary alicyclic amines) is 1. The zero-order valence-electron chi connectivity index (χ0n) is 19.9. The van der Waals surface area contributed by atoms with Crippen molar-refractivity contribution in [1.82, 2.24) is 14.8 Å². The summed E-state index contributed by atoms with van der Waals surface area (Å²) >= 11 is 0. The third-order valence-electron chi connectivity index (χ3n) is 6.85. The highest BCUT2D eigenvalue weighted by Gasteiger charge is 2.28. The molecular formula is C27H32F5N3. The number of benzene rings is 2. The van der Waals surface area contributed by atoms with Gasteiger partial charge in [-0.25, -0.2) is 17.6 Å². The van der Waals surface area contributed by atoms with Crippen LogP contribution in [0.25, 0.3) is 10.9 Å². The summed E-state index contributed by atoms with van der Waals surface area (Å²) in [5.74, 6) is -0.599. The molecule has 1 N–H and O–H groups in total. The van der Waals surface area contributed by atoms with Gasteiger partial charge in [0, 0.05) is 54.9 Å². The fourth-order valence-electron chi connectivity index (χ4n) is 5.16. The molecule has 0 amide bonds. The van der Waals surface area contributed by atoms with E-state index in [2.05, 4.69) is 16.0 Å². The lowest BCUT2D eigenvalue weighted by atomic mass is 9.92. The smallest absolute Gasteiger partial charge is 0.251 e. The van der Waals surface area contributed by atoms with Crippen molar-refractivity contribution < 1.29 is 22.0 Å². The van der Waals surface area contributed by atoms with E-state index in [1.54, 1.807) is 0 Å². The number of aromatic nitrogens is 1. The van der Waals surface area contributed by atoms with Gasteiger partial charge in [0.15, 0.2) is 0 Å². The minimum Gasteiger partial charge on any atom is -0.357 e. The lowest BCUT2D eigenvalue weighted by Crippen LogP contribution is -2.47. The highest BCUT2D eigenvalue weighted by atomic mass is 19.3. The summed E-state index contributed by atoms with van der Waals surface area (Å²) in [4.78, 5) is 7.37. The first-order valence-corrected chi connectivity index (χ1v) is 12.2. The van der Waals surface area contributed by atoms with E-state index < -0.39 is 18.1 Å². The number of halogens is 5. The van der Waals surface area contributed by atoms with E-state index in [0.717, 1.165) is 43.3 Å². The Morgan fingerprint density at radius 2 is 1.77 bits per heavy atom. The number of alkyl halides is 3. The van der Waals surface area contributed by atoms with Crippen LogP contribution in [0.2, 0.25) is 0 Å². The van der Waals surface area contributed by atoms with Crippen molar-refractivity contribution in [2.75, 3.05) is 32.9 Å². The third-order valence-corrected chi connectivity index (χ3v) is 6.85. The van der Waals surface area contributed by atoms with Crippen LogP contribution < -0.4 is 0 Å². The molecule has 3 aromatic rings. The first-order chi connectivity index (χ1) is 16.8. The lowest BCUT2D eigenvalue weighted by Gasteiger charge is -2.39. The fraction of sp³-hybridized carbons (Fsp3) is 0.481. The first-order valence-electron chi connectivity index (χ1n) is 12.2. The van der Waals surface area contributed by atoms with Gasteiger partial charge < -0.3 is 9.88 Å². The van der Waals surface area contributed by atoms with Gasteiger partial charge in [0.2, 0.25) is 0 Å². The molecule has 1 saturated heterocycles. The van der Waals surface area contributed by atoms with Crippen LogP contribution in [0, 0.1) is 17.6 Å². The SMILES string of the molecule is C[C@@H]1Cc2c([nH]c3ccccc23)CN1CC(F)F.FCCCN1CC(Cc2cc(F)cc(F)c2)C1. The van der Waals surface area contributed by atoms with Gasteiger partial charge in [-0.3, -0.25) is 9.29 Å². The normalized spacial score (nSPS) is 18.9. The van der Waals surface area contributed by atoms with Gasteiger partial charge in [-0.15, -0.1) is 0 Å². The quantitative estimate of drug-likeness (QED) is 0.409. The number of fused-ring (bicyclic) bond motifs is 3. The molecule has 2 aliphatic heterocycles. The summed E-state index contributed by atoms with van der Waals surface area (Å²) in [6.45, 7) is 4.77. The van der Waals surface area contributed by atoms with Gasteiger partial charge in [-0.05, 0) is 61.4 Å². The molecule has 35 heavy (non-hydrogen) atoms. The summed E-state index contributed by atoms with van der Waals surface area (Å²) in [5, 5.41) is 1.23. The topological polar surface area (TPSA) is 22.3 Å². The molecule has 3 heterocycles. The molecule has 0 unspecified atom stereocenters. The number of rotatable bonds is 7. The van der Waals surface area contributed by atoms with E-state index in [0.29, 0.717) is 30.9 Å². The Balaban J connectivity index is 0.000000165. The molecule has 190 valence electrons. The molecule has 0 saturated carbocycles. The summed E-state index contributed by atoms with van der Waals surface area (Å²) in [6, 6.07) is 12.0. The molecule has 0 bridgehead atoms. The van der Waals surface area contributed by atoms with Crippen LogP contribution in [-0.4, -0.2) is 60.1 Å². The molecule has 1 atom stereocenters. The number of aromatic amines is 1. The molecule has 8 heteroatoms. The highest BCUT2D eigenvalue weighted by molar-refractivity contribution is 5.84. The largest absolute Gasteiger partial charge is 0.357 e. The Kier molecular flexibility index (Phi) is 8.44. The van der Waals surface area contributed by atoms with E-state index in [9.17, 15) is 22.0 Å². The zero-order valence-corrected chi connectivity index (χ0v) is 19.9. The molecule has 2 aromatic carbocycles. The van der Waals surface area contributed by atoms with Gasteiger partial charge in [0.25, 0.3) is 6.43 Å². The van der Waals surface area contributed by atoms with Gasteiger partial charge in [0.05, 0.1) is 13.2 Å². The molecule has 0 aliphatic carbocycles. The molecule has 1 aromatic heterocycles. The van der Waals surface area contributed by atoms with E-state index in [1.807, 2.05) is 30.0 Å². The third kappa shape index (κ3) is 6.61. The highest BCUT2D eigenvalue weighted by Crippen LogP contribution is 2.30. The summed E-state index contributed by atoms with van der Waals surface area (Å²) in [6.07, 6.45) is -0.160. The van der Waals surface area contributed by atoms with Crippen molar-refractivity contribution >= 4 is 10.9 Å². The predicted molar refractivity (Wildman–Crippen MR) is 128 cm³/mol. The summed E-state index contributed by atoms with van der Waals surface area (Å²) in [5.41, 5.74) is 4.20. The number of nitrogens with zero attached hydrogens (tertiary/aromatic N) is 2. The maximum atomic E-state index is 13.0. The van der Waals surface area contributed by atoms with Crippen LogP contribution in [0.5, 0.6) is 0 Å². The average Bonchev–Trinajstić information content (AvgIpc) is 3.12. The number of H-pyrrole nitrogens is 1. The van der Waals surface area contributed by atoms with Gasteiger partial charge in [-0.2, -0.15) is 0 Å². The number of hydrogen-bond donors (Lipinski definition) is 1. The molecular weight excluding hydrogens is 461 g/mol. The second-order valence-electron chi connectivity index (χ2n) is 9.65. The van der Waals surface area contributed by atoms with Crippen LogP contribution in [0.4, 0.5) is 22.0 Å². The molecule has 0 radical (unpaired) electrons. The van der Waals surface area contributed by atoms with Crippen LogP contribution in [0.3, 0.4) is 0 Å². The second kappa shape index (κ2) is 11.5. The Hall–Kier alpha value is -2.45. The van der Waals surface area contributed by atoms with Crippen LogP contribution in [0.15, 0.2) is 42.5 Å². The van der Waals surface area contributed by atoms with E-state index in [1.165, 1.54) is 23.1 Å². The molecule has 0 spiro atoms. The number of para-hydroxylation sites is 1. The maximum Gasteiger partial charge on any atom is 0.251 e. The molecule has 2 aliphatic rings. The summed E-state index contributed by atoms with van der Waals surface area (Å²) in [7, 11) is 0. The van der Waals surface area contributed by atoms with Crippen molar-refractivity contribution in [3.63, 3.8) is 0 Å². The predicted octanol–water partition coefficient (Wildman–Crippen LogP) is 5.98. The maximum absolute atomic E-state index is 13.0. The van der Waals surface area contributed by atoms with Crippen molar-refractivity contribution in [3.05, 3.63) is 70.9 Å². The fourth-order valence-corrected chi connectivity index (χ4v) is 5.16. The minimum absolute atomic E-state index is 0.143. The van der Waals surface area contributed by atoms with Crippen LogP contribution >= 0.6 is 0 Å². The Morgan fingerprint density at radius 3 is 2.46 bits per heavy atom. The van der Waals surface area contributed by atoms with E-state index >= 15 is 0 Å². The number of hydrogen-bond acceptors (Lipinski definition) is 2. The number of nitrogens with one attached hydrogen (secondary N) is 1. The minimum atomic E-state index is -2.27. The van der Waals surface area contributed by atoms with E-state index in [-0.39, 0.29) is 19.3 Å². The van der Waals surface area contributed by atoms with Crippen molar-refractivity contribution in [2.24, 2.45) is 5.92 Å². The lowest BCUT2D eigenvalue weighted by molar-refractivity contribution is 0.0597. The van der Waals surface area contributed by atoms with Crippen LogP contribution in [0.1, 0.15) is 30.2 Å². The first kappa shape index (κ1) is 25.6. The van der Waals surface area contributed by atoms with Crippen molar-refractivity contribution in [2.45, 2.75) is 45.2 Å². The Bertz CT molecular complexity index is 1090. The zero-order chi connectivity index (χ0) is 24.9. The monoisotopic (exact) mass is 493 g/mol. The van der Waals surface area contributed by atoms with Gasteiger partial charge in [-0.1, -0.05) is 18.2 Å². The molecule has 5 rings (SSSR count). The molecule has 3 nitrogen and oxygen atoms in total. The average molecular weight is 494 g/mol. The second-order valence-corrected chi connectivity index (χ2v) is 9.65. The Labute approximate surface area is 202 Å². The van der Waals surface area contributed by atoms with E-state index in [4.69, 9.17) is 0 Å². The standard InChI is InChI=1S/C14H16F2N2.C13H16F3N/c1-9-6-11-10-4-2-3-5-12(10)17-13(11)7-18(9)8-14(15)16;14-2-1-3-17-8-11(9-17)4-10-5-12(15)7-13(16)6-10/h2-5,9,14,17H,6-8H2,1H3;5-7,11H,1-4,8-9H2/t9-;/m1./s1. The Morgan fingerprint density at radius 1 is 1.06 bits per heavy atom. The van der Waals surface area contributed by atoms with Crippen molar-refractivity contribution in [3.8, 4) is 0 Å². The van der Waals surface area contributed by atoms with Crippen molar-refractivity contribution in [1.29, 1.82) is 0 Å². The van der Waals surface area contributed by atoms with Crippen LogP contribution in [-0.2, 0) is 19.4 Å². The van der Waals surface area contributed by atoms with Gasteiger partial charge in [0.1, 0.15) is 11.6 Å². The molecule has 1 fully saturated rings.